The van der Waals surface area contributed by atoms with Crippen LogP contribution in [0.3, 0.4) is 0 Å². The molecule has 0 aliphatic heterocycles. The van der Waals surface area contributed by atoms with Gasteiger partial charge in [0.25, 0.3) is 0 Å². The van der Waals surface area contributed by atoms with Gasteiger partial charge in [0.2, 0.25) is 0 Å². The first-order valence-corrected chi connectivity index (χ1v) is 14.5. The molecule has 4 aromatic rings. The minimum Gasteiger partial charge on any atom is -0.293 e. The van der Waals surface area contributed by atoms with E-state index in [2.05, 4.69) is 18.2 Å². The van der Waals surface area contributed by atoms with Gasteiger partial charge in [0.05, 0.1) is 15.1 Å². The lowest BCUT2D eigenvalue weighted by Crippen LogP contribution is -1.99. The van der Waals surface area contributed by atoms with E-state index >= 15 is 0 Å². The summed E-state index contributed by atoms with van der Waals surface area (Å²) in [7, 11) is 0. The maximum Gasteiger partial charge on any atom is 0.0945 e. The van der Waals surface area contributed by atoms with Crippen LogP contribution in [0, 0.1) is 16.2 Å². The first-order chi connectivity index (χ1) is 17.6. The van der Waals surface area contributed by atoms with E-state index in [0.717, 1.165) is 33.4 Å². The van der Waals surface area contributed by atoms with E-state index in [0.29, 0.717) is 32.4 Å². The SMILES string of the molecule is N=C(SCc1cc(CSC(=N)c2ccccc2)cc(CSC(=N)c2ccccc2)c1)c1ccccc1. The molecule has 0 bridgehead atoms. The van der Waals surface area contributed by atoms with Crippen molar-refractivity contribution in [1.29, 1.82) is 16.2 Å². The van der Waals surface area contributed by atoms with Crippen molar-refractivity contribution in [1.82, 2.24) is 0 Å². The highest BCUT2D eigenvalue weighted by atomic mass is 32.2. The van der Waals surface area contributed by atoms with Crippen molar-refractivity contribution in [3.8, 4) is 0 Å². The molecule has 180 valence electrons. The average molecular weight is 526 g/mol. The zero-order valence-corrected chi connectivity index (χ0v) is 22.2. The number of hydrogen-bond acceptors (Lipinski definition) is 6. The molecule has 0 aliphatic carbocycles. The van der Waals surface area contributed by atoms with Crippen LogP contribution in [-0.4, -0.2) is 15.1 Å². The van der Waals surface area contributed by atoms with Crippen LogP contribution >= 0.6 is 35.3 Å². The number of thioether (sulfide) groups is 3. The maximum absolute atomic E-state index is 8.45. The molecule has 3 nitrogen and oxygen atoms in total. The molecule has 0 amide bonds. The van der Waals surface area contributed by atoms with Crippen molar-refractivity contribution in [3.05, 3.63) is 143 Å². The Morgan fingerprint density at radius 1 is 0.417 bits per heavy atom. The lowest BCUT2D eigenvalue weighted by molar-refractivity contribution is 1.27. The van der Waals surface area contributed by atoms with Crippen LogP contribution in [0.2, 0.25) is 0 Å². The van der Waals surface area contributed by atoms with Crippen LogP contribution in [-0.2, 0) is 17.3 Å². The average Bonchev–Trinajstić information content (AvgIpc) is 2.94. The standard InChI is InChI=1S/C30H27N3S3/c31-28(25-10-4-1-5-11-25)34-19-22-16-23(20-35-29(32)26-12-6-2-7-13-26)18-24(17-22)21-36-30(33)27-14-8-3-9-15-27/h1-18,31-33H,19-21H2. The van der Waals surface area contributed by atoms with Crippen LogP contribution in [0.5, 0.6) is 0 Å². The molecule has 0 fully saturated rings. The minimum atomic E-state index is 0.558. The third-order valence-electron chi connectivity index (χ3n) is 5.37. The van der Waals surface area contributed by atoms with Crippen LogP contribution < -0.4 is 0 Å². The van der Waals surface area contributed by atoms with Crippen molar-refractivity contribution in [2.75, 3.05) is 0 Å². The lowest BCUT2D eigenvalue weighted by atomic mass is 10.1. The first-order valence-electron chi connectivity index (χ1n) is 11.5. The molecule has 4 rings (SSSR count). The molecule has 0 aromatic heterocycles. The van der Waals surface area contributed by atoms with Crippen molar-refractivity contribution in [2.24, 2.45) is 0 Å². The van der Waals surface area contributed by atoms with Gasteiger partial charge in [0.15, 0.2) is 0 Å². The molecule has 0 saturated heterocycles. The fourth-order valence-corrected chi connectivity index (χ4v) is 5.92. The van der Waals surface area contributed by atoms with Gasteiger partial charge in [-0.25, -0.2) is 0 Å². The number of nitrogens with one attached hydrogen (secondary N) is 3. The Morgan fingerprint density at radius 3 is 0.917 bits per heavy atom. The zero-order valence-electron chi connectivity index (χ0n) is 19.7. The van der Waals surface area contributed by atoms with Gasteiger partial charge in [-0.2, -0.15) is 0 Å². The van der Waals surface area contributed by atoms with Gasteiger partial charge >= 0.3 is 0 Å². The summed E-state index contributed by atoms with van der Waals surface area (Å²) in [4.78, 5) is 0. The third kappa shape index (κ3) is 7.72. The van der Waals surface area contributed by atoms with Gasteiger partial charge in [-0.15, -0.1) is 35.3 Å². The van der Waals surface area contributed by atoms with Crippen LogP contribution in [0.25, 0.3) is 0 Å². The molecule has 0 spiro atoms. The molecule has 6 heteroatoms. The first kappa shape index (κ1) is 26.0. The van der Waals surface area contributed by atoms with Gasteiger partial charge < -0.3 is 0 Å². The van der Waals surface area contributed by atoms with Gasteiger partial charge in [0, 0.05) is 33.9 Å². The van der Waals surface area contributed by atoms with E-state index in [1.54, 1.807) is 0 Å². The van der Waals surface area contributed by atoms with E-state index in [-0.39, 0.29) is 0 Å². The number of benzene rings is 4. The summed E-state index contributed by atoms with van der Waals surface area (Å²) in [6.07, 6.45) is 0. The van der Waals surface area contributed by atoms with Crippen molar-refractivity contribution in [3.63, 3.8) is 0 Å². The van der Waals surface area contributed by atoms with E-state index in [4.69, 9.17) is 16.2 Å². The van der Waals surface area contributed by atoms with Gasteiger partial charge in [-0.1, -0.05) is 109 Å². The molecule has 0 heterocycles. The van der Waals surface area contributed by atoms with E-state index < -0.39 is 0 Å². The summed E-state index contributed by atoms with van der Waals surface area (Å²) in [6.45, 7) is 0. The monoisotopic (exact) mass is 525 g/mol. The third-order valence-corrected chi connectivity index (χ3v) is 8.38. The second-order valence-corrected chi connectivity index (χ2v) is 11.1. The highest BCUT2D eigenvalue weighted by molar-refractivity contribution is 8.14. The Labute approximate surface area is 225 Å². The van der Waals surface area contributed by atoms with Gasteiger partial charge in [-0.05, 0) is 16.7 Å². The Balaban J connectivity index is 1.47. The van der Waals surface area contributed by atoms with Gasteiger partial charge in [0.1, 0.15) is 0 Å². The quantitative estimate of drug-likeness (QED) is 0.152. The fraction of sp³-hybridized carbons (Fsp3) is 0.100. The van der Waals surface area contributed by atoms with E-state index in [1.165, 1.54) is 35.3 Å². The summed E-state index contributed by atoms with van der Waals surface area (Å²) in [5.74, 6) is 2.11. The Kier molecular flexibility index (Phi) is 9.61. The van der Waals surface area contributed by atoms with E-state index in [9.17, 15) is 0 Å². The molecule has 4 aromatic carbocycles. The molecule has 0 radical (unpaired) electrons. The second kappa shape index (κ2) is 13.3. The minimum absolute atomic E-state index is 0.558. The summed E-state index contributed by atoms with van der Waals surface area (Å²) in [5.41, 5.74) is 6.26. The molecule has 0 saturated carbocycles. The van der Waals surface area contributed by atoms with Crippen LogP contribution in [0.15, 0.2) is 109 Å². The Morgan fingerprint density at radius 2 is 0.667 bits per heavy atom. The molecule has 36 heavy (non-hydrogen) atoms. The molecule has 3 N–H and O–H groups in total. The number of rotatable bonds is 9. The Bertz CT molecular complexity index is 1150. The van der Waals surface area contributed by atoms with Crippen LogP contribution in [0.4, 0.5) is 0 Å². The van der Waals surface area contributed by atoms with E-state index in [1.807, 2.05) is 91.0 Å². The molecule has 0 atom stereocenters. The highest BCUT2D eigenvalue weighted by Gasteiger charge is 2.09. The second-order valence-electron chi connectivity index (χ2n) is 8.11. The molecular weight excluding hydrogens is 499 g/mol. The predicted molar refractivity (Wildman–Crippen MR) is 160 cm³/mol. The summed E-state index contributed by atoms with van der Waals surface area (Å²) < 4.78 is 0. The van der Waals surface area contributed by atoms with Crippen molar-refractivity contribution in [2.45, 2.75) is 17.3 Å². The van der Waals surface area contributed by atoms with Crippen molar-refractivity contribution < 1.29 is 0 Å². The summed E-state index contributed by atoms with van der Waals surface area (Å²) >= 11 is 4.58. The zero-order chi connectivity index (χ0) is 25.2. The van der Waals surface area contributed by atoms with Crippen LogP contribution in [0.1, 0.15) is 33.4 Å². The maximum atomic E-state index is 8.45. The Hall–Kier alpha value is -3.06. The smallest absolute Gasteiger partial charge is 0.0945 e. The van der Waals surface area contributed by atoms with Crippen molar-refractivity contribution >= 4 is 50.4 Å². The topological polar surface area (TPSA) is 71.6 Å². The fourth-order valence-electron chi connectivity index (χ4n) is 3.57. The number of hydrogen-bond donors (Lipinski definition) is 3. The summed E-state index contributed by atoms with van der Waals surface area (Å²) in [5, 5.41) is 27.0. The molecule has 0 unspecified atom stereocenters. The molecule has 0 aliphatic rings. The highest BCUT2D eigenvalue weighted by Crippen LogP contribution is 2.26. The van der Waals surface area contributed by atoms with Gasteiger partial charge in [-0.3, -0.25) is 16.2 Å². The normalized spacial score (nSPS) is 10.7. The lowest BCUT2D eigenvalue weighted by Gasteiger charge is -2.12. The largest absolute Gasteiger partial charge is 0.293 e. The molecular formula is C30H27N3S3. The summed E-state index contributed by atoms with van der Waals surface area (Å²) in [6, 6.07) is 36.0. The predicted octanol–water partition coefficient (Wildman–Crippen LogP) is 8.46.